The van der Waals surface area contributed by atoms with Crippen LogP contribution in [0, 0.1) is 0 Å². The Kier molecular flexibility index (Phi) is 12.4. The largest absolute Gasteiger partial charge is 0.454 e. The molecule has 0 aromatic heterocycles. The van der Waals surface area contributed by atoms with Gasteiger partial charge in [-0.25, -0.2) is 0 Å². The average molecular weight is 296 g/mol. The fourth-order valence-corrected chi connectivity index (χ4v) is 3.55. The number of rotatable bonds is 1. The summed E-state index contributed by atoms with van der Waals surface area (Å²) in [6, 6.07) is 0. The summed E-state index contributed by atoms with van der Waals surface area (Å²) in [5.41, 5.74) is 0. The number of hydrogen-bond acceptors (Lipinski definition) is 2. The first-order chi connectivity index (χ1) is 10.3. The summed E-state index contributed by atoms with van der Waals surface area (Å²) in [7, 11) is -1.10. The summed E-state index contributed by atoms with van der Waals surface area (Å²) in [5, 5.41) is 19.0. The molecule has 0 bridgehead atoms. The molecule has 3 heteroatoms. The molecule has 0 heterocycles. The molecular weight excluding hydrogens is 259 g/mol. The second-order valence-corrected chi connectivity index (χ2v) is 7.05. The lowest BCUT2D eigenvalue weighted by atomic mass is 9.67. The Morgan fingerprint density at radius 3 is 0.905 bits per heavy atom. The van der Waals surface area contributed by atoms with Crippen LogP contribution in [0.3, 0.4) is 0 Å². The summed E-state index contributed by atoms with van der Waals surface area (Å²) >= 11 is 0. The van der Waals surface area contributed by atoms with Crippen molar-refractivity contribution in [2.24, 2.45) is 0 Å². The van der Waals surface area contributed by atoms with Crippen molar-refractivity contribution in [3.63, 3.8) is 0 Å². The molecule has 0 aromatic carbocycles. The Bertz CT molecular complexity index is 203. The van der Waals surface area contributed by atoms with E-state index in [9.17, 15) is 10.0 Å². The van der Waals surface area contributed by atoms with Crippen molar-refractivity contribution in [1.82, 2.24) is 0 Å². The van der Waals surface area contributed by atoms with Gasteiger partial charge in [0.2, 0.25) is 0 Å². The van der Waals surface area contributed by atoms with Crippen LogP contribution in [-0.2, 0) is 0 Å². The highest BCUT2D eigenvalue weighted by Crippen LogP contribution is 2.25. The Balaban J connectivity index is 2.21. The topological polar surface area (TPSA) is 40.5 Å². The summed E-state index contributed by atoms with van der Waals surface area (Å²) in [6.07, 6.45) is 22.2. The lowest BCUT2D eigenvalue weighted by molar-refractivity contribution is 0.364. The highest BCUT2D eigenvalue weighted by Gasteiger charge is 2.21. The maximum atomic E-state index is 9.49. The molecule has 1 saturated carbocycles. The third-order valence-corrected chi connectivity index (χ3v) is 5.07. The van der Waals surface area contributed by atoms with Crippen molar-refractivity contribution in [1.29, 1.82) is 0 Å². The van der Waals surface area contributed by atoms with Crippen molar-refractivity contribution in [2.75, 3.05) is 0 Å². The lowest BCUT2D eigenvalue weighted by Gasteiger charge is -2.15. The summed E-state index contributed by atoms with van der Waals surface area (Å²) in [6.45, 7) is 0. The van der Waals surface area contributed by atoms with Crippen LogP contribution in [0.2, 0.25) is 5.82 Å². The van der Waals surface area contributed by atoms with Gasteiger partial charge in [0, 0.05) is 0 Å². The maximum Gasteiger partial charge on any atom is 0.454 e. The van der Waals surface area contributed by atoms with Gasteiger partial charge < -0.3 is 10.0 Å². The van der Waals surface area contributed by atoms with E-state index in [0.29, 0.717) is 0 Å². The van der Waals surface area contributed by atoms with Crippen LogP contribution < -0.4 is 0 Å². The molecule has 21 heavy (non-hydrogen) atoms. The monoisotopic (exact) mass is 296 g/mol. The molecule has 0 atom stereocenters. The quantitative estimate of drug-likeness (QED) is 0.629. The normalized spacial score (nSPS) is 23.1. The van der Waals surface area contributed by atoms with Crippen molar-refractivity contribution < 1.29 is 10.0 Å². The van der Waals surface area contributed by atoms with Crippen molar-refractivity contribution >= 4 is 7.12 Å². The van der Waals surface area contributed by atoms with Gasteiger partial charge in [-0.3, -0.25) is 0 Å². The molecule has 0 aliphatic heterocycles. The average Bonchev–Trinajstić information content (AvgIpc) is 2.47. The van der Waals surface area contributed by atoms with Gasteiger partial charge in [0.05, 0.1) is 0 Å². The summed E-state index contributed by atoms with van der Waals surface area (Å²) in [4.78, 5) is 0. The Labute approximate surface area is 132 Å². The standard InChI is InChI=1S/C18H37BO2/c20-19(21)18-16-14-12-10-8-6-4-2-1-3-5-7-9-11-13-15-17-18/h18,20-21H,1-17H2. The van der Waals surface area contributed by atoms with Crippen LogP contribution in [0.4, 0.5) is 0 Å². The molecule has 1 fully saturated rings. The van der Waals surface area contributed by atoms with E-state index in [1.807, 2.05) is 0 Å². The van der Waals surface area contributed by atoms with E-state index in [0.717, 1.165) is 12.8 Å². The minimum absolute atomic E-state index is 0.115. The minimum Gasteiger partial charge on any atom is -0.427 e. The van der Waals surface area contributed by atoms with Crippen molar-refractivity contribution in [3.8, 4) is 0 Å². The van der Waals surface area contributed by atoms with Gasteiger partial charge in [0.15, 0.2) is 0 Å². The minimum atomic E-state index is -1.10. The van der Waals surface area contributed by atoms with Crippen molar-refractivity contribution in [3.05, 3.63) is 0 Å². The first-order valence-corrected chi connectivity index (χ1v) is 9.67. The highest BCUT2D eigenvalue weighted by atomic mass is 16.4. The number of hydrogen-bond donors (Lipinski definition) is 2. The predicted molar refractivity (Wildman–Crippen MR) is 92.4 cm³/mol. The summed E-state index contributed by atoms with van der Waals surface area (Å²) in [5.74, 6) is 0.115. The molecule has 1 aliphatic carbocycles. The predicted octanol–water partition coefficient (Wildman–Crippen LogP) is 5.47. The Morgan fingerprint density at radius 1 is 0.429 bits per heavy atom. The van der Waals surface area contributed by atoms with Crippen LogP contribution in [-0.4, -0.2) is 17.2 Å². The van der Waals surface area contributed by atoms with Gasteiger partial charge in [-0.05, 0) is 5.82 Å². The lowest BCUT2D eigenvalue weighted by Crippen LogP contribution is -2.20. The van der Waals surface area contributed by atoms with E-state index >= 15 is 0 Å². The van der Waals surface area contributed by atoms with Crippen molar-refractivity contribution in [2.45, 2.75) is 115 Å². The highest BCUT2D eigenvalue weighted by molar-refractivity contribution is 6.43. The molecule has 124 valence electrons. The van der Waals surface area contributed by atoms with Gasteiger partial charge in [-0.15, -0.1) is 0 Å². The van der Waals surface area contributed by atoms with Crippen LogP contribution in [0.15, 0.2) is 0 Å². The fraction of sp³-hybridized carbons (Fsp3) is 1.00. The Morgan fingerprint density at radius 2 is 0.667 bits per heavy atom. The molecule has 1 rings (SSSR count). The van der Waals surface area contributed by atoms with E-state index in [4.69, 9.17) is 0 Å². The van der Waals surface area contributed by atoms with Gasteiger partial charge >= 0.3 is 7.12 Å². The first-order valence-electron chi connectivity index (χ1n) is 9.67. The molecule has 2 nitrogen and oxygen atoms in total. The molecule has 0 saturated heterocycles. The third kappa shape index (κ3) is 11.2. The van der Waals surface area contributed by atoms with Gasteiger partial charge in [-0.2, -0.15) is 0 Å². The maximum absolute atomic E-state index is 9.49. The van der Waals surface area contributed by atoms with Gasteiger partial charge in [0.25, 0.3) is 0 Å². The van der Waals surface area contributed by atoms with E-state index in [1.165, 1.54) is 96.3 Å². The molecule has 0 unspecified atom stereocenters. The van der Waals surface area contributed by atoms with E-state index in [1.54, 1.807) is 0 Å². The zero-order valence-electron chi connectivity index (χ0n) is 14.1. The Hall–Kier alpha value is -0.0151. The van der Waals surface area contributed by atoms with E-state index in [-0.39, 0.29) is 5.82 Å². The van der Waals surface area contributed by atoms with Crippen LogP contribution in [0.5, 0.6) is 0 Å². The van der Waals surface area contributed by atoms with Gasteiger partial charge in [0.1, 0.15) is 0 Å². The van der Waals surface area contributed by atoms with E-state index < -0.39 is 7.12 Å². The second-order valence-electron chi connectivity index (χ2n) is 7.05. The molecule has 0 radical (unpaired) electrons. The second kappa shape index (κ2) is 13.6. The molecular formula is C18H37BO2. The summed E-state index contributed by atoms with van der Waals surface area (Å²) < 4.78 is 0. The first kappa shape index (κ1) is 19.0. The van der Waals surface area contributed by atoms with Crippen LogP contribution >= 0.6 is 0 Å². The molecule has 0 spiro atoms. The van der Waals surface area contributed by atoms with Gasteiger partial charge in [-0.1, -0.05) is 109 Å². The van der Waals surface area contributed by atoms with Crippen LogP contribution in [0.1, 0.15) is 109 Å². The smallest absolute Gasteiger partial charge is 0.427 e. The fourth-order valence-electron chi connectivity index (χ4n) is 3.55. The SMILES string of the molecule is OB(O)C1CCCCCCCCCCCCCCCCC1. The zero-order chi connectivity index (χ0) is 15.2. The molecule has 1 aliphatic rings. The molecule has 0 amide bonds. The molecule has 2 N–H and O–H groups in total. The zero-order valence-corrected chi connectivity index (χ0v) is 14.1. The molecule has 0 aromatic rings. The third-order valence-electron chi connectivity index (χ3n) is 5.07. The van der Waals surface area contributed by atoms with Crippen LogP contribution in [0.25, 0.3) is 0 Å². The van der Waals surface area contributed by atoms with E-state index in [2.05, 4.69) is 0 Å².